The Kier molecular flexibility index (Phi) is 4.41. The lowest BCUT2D eigenvalue weighted by atomic mass is 10.2. The van der Waals surface area contributed by atoms with Gasteiger partial charge in [-0.15, -0.1) is 0 Å². The Morgan fingerprint density at radius 3 is 2.54 bits per heavy atom. The van der Waals surface area contributed by atoms with Crippen LogP contribution in [-0.2, 0) is 6.54 Å². The fourth-order valence-corrected chi connectivity index (χ4v) is 2.52. The van der Waals surface area contributed by atoms with Crippen molar-refractivity contribution in [3.63, 3.8) is 0 Å². The molecule has 24 heavy (non-hydrogen) atoms. The number of aromatic nitrogens is 1. The molecule has 0 radical (unpaired) electrons. The van der Waals surface area contributed by atoms with Crippen molar-refractivity contribution in [1.29, 1.82) is 5.26 Å². The van der Waals surface area contributed by atoms with Crippen molar-refractivity contribution in [2.45, 2.75) is 6.54 Å². The summed E-state index contributed by atoms with van der Waals surface area (Å²) in [5, 5.41) is 9.93. The van der Waals surface area contributed by atoms with E-state index in [4.69, 9.17) is 22.1 Å². The third-order valence-electron chi connectivity index (χ3n) is 3.50. The van der Waals surface area contributed by atoms with Crippen LogP contribution in [0.1, 0.15) is 11.3 Å². The highest BCUT2D eigenvalue weighted by molar-refractivity contribution is 6.31. The maximum atomic E-state index is 13.0. The molecule has 3 rings (SSSR count). The van der Waals surface area contributed by atoms with Crippen LogP contribution >= 0.6 is 11.6 Å². The van der Waals surface area contributed by atoms with Crippen LogP contribution in [0.15, 0.2) is 54.6 Å². The Balaban J connectivity index is 2.00. The Hall–Kier alpha value is -2.97. The predicted molar refractivity (Wildman–Crippen MR) is 90.6 cm³/mol. The standard InChI is InChI=1S/C18H13ClFN3O/c19-16-4-2-1-3-12(16)11-23-14(10-21)9-17(22)18(23)24-15-7-5-13(20)6-8-15/h1-9H,11,22H2. The first-order chi connectivity index (χ1) is 11.6. The van der Waals surface area contributed by atoms with Gasteiger partial charge < -0.3 is 10.5 Å². The van der Waals surface area contributed by atoms with Gasteiger partial charge in [-0.05, 0) is 35.9 Å². The maximum Gasteiger partial charge on any atom is 0.224 e. The summed E-state index contributed by atoms with van der Waals surface area (Å²) in [4.78, 5) is 0. The average molecular weight is 342 g/mol. The first-order valence-corrected chi connectivity index (χ1v) is 7.52. The molecule has 0 amide bonds. The van der Waals surface area contributed by atoms with Crippen LogP contribution in [0.4, 0.5) is 10.1 Å². The van der Waals surface area contributed by atoms with Crippen LogP contribution in [0.25, 0.3) is 0 Å². The van der Waals surface area contributed by atoms with E-state index in [0.717, 1.165) is 5.56 Å². The molecule has 6 heteroatoms. The molecule has 0 bridgehead atoms. The molecule has 2 aromatic carbocycles. The molecule has 0 aliphatic heterocycles. The molecule has 1 heterocycles. The minimum Gasteiger partial charge on any atom is -0.439 e. The predicted octanol–water partition coefficient (Wildman–Crippen LogP) is 4.58. The summed E-state index contributed by atoms with van der Waals surface area (Å²) in [5.41, 5.74) is 7.49. The number of nitrogen functional groups attached to an aromatic ring is 1. The highest BCUT2D eigenvalue weighted by Crippen LogP contribution is 2.32. The van der Waals surface area contributed by atoms with Crippen molar-refractivity contribution < 1.29 is 9.13 Å². The molecule has 0 saturated heterocycles. The van der Waals surface area contributed by atoms with Crippen LogP contribution in [0.5, 0.6) is 11.6 Å². The number of benzene rings is 2. The summed E-state index contributed by atoms with van der Waals surface area (Å²) < 4.78 is 20.4. The van der Waals surface area contributed by atoms with Gasteiger partial charge in [0.1, 0.15) is 23.3 Å². The monoisotopic (exact) mass is 341 g/mol. The second-order valence-corrected chi connectivity index (χ2v) is 5.54. The summed E-state index contributed by atoms with van der Waals surface area (Å²) >= 11 is 6.20. The number of ether oxygens (including phenoxy) is 1. The average Bonchev–Trinajstić information content (AvgIpc) is 2.87. The lowest BCUT2D eigenvalue weighted by Crippen LogP contribution is -2.05. The second-order valence-electron chi connectivity index (χ2n) is 5.14. The second kappa shape index (κ2) is 6.65. The number of halogens is 2. The number of nitrogens with zero attached hydrogens (tertiary/aromatic N) is 2. The summed E-state index contributed by atoms with van der Waals surface area (Å²) in [6.07, 6.45) is 0. The van der Waals surface area contributed by atoms with E-state index < -0.39 is 0 Å². The van der Waals surface area contributed by atoms with Crippen molar-refractivity contribution in [3.8, 4) is 17.7 Å². The van der Waals surface area contributed by atoms with E-state index in [1.165, 1.54) is 30.3 Å². The van der Waals surface area contributed by atoms with E-state index in [1.807, 2.05) is 18.2 Å². The van der Waals surface area contributed by atoms with E-state index in [0.29, 0.717) is 34.6 Å². The minimum atomic E-state index is -0.362. The summed E-state index contributed by atoms with van der Waals surface area (Å²) in [7, 11) is 0. The first kappa shape index (κ1) is 15.9. The Morgan fingerprint density at radius 2 is 1.88 bits per heavy atom. The summed E-state index contributed by atoms with van der Waals surface area (Å²) in [6.45, 7) is 0.330. The van der Waals surface area contributed by atoms with E-state index in [2.05, 4.69) is 6.07 Å². The topological polar surface area (TPSA) is 64.0 Å². The number of rotatable bonds is 4. The van der Waals surface area contributed by atoms with Gasteiger partial charge >= 0.3 is 0 Å². The van der Waals surface area contributed by atoms with Crippen molar-refractivity contribution in [3.05, 3.63) is 76.7 Å². The van der Waals surface area contributed by atoms with Crippen LogP contribution in [-0.4, -0.2) is 4.57 Å². The van der Waals surface area contributed by atoms with Gasteiger partial charge in [0, 0.05) is 11.1 Å². The molecule has 0 atom stereocenters. The van der Waals surface area contributed by atoms with E-state index in [9.17, 15) is 9.65 Å². The number of hydrogen-bond donors (Lipinski definition) is 1. The lowest BCUT2D eigenvalue weighted by Gasteiger charge is -2.13. The van der Waals surface area contributed by atoms with E-state index in [-0.39, 0.29) is 5.82 Å². The van der Waals surface area contributed by atoms with Crippen molar-refractivity contribution in [2.24, 2.45) is 0 Å². The van der Waals surface area contributed by atoms with Crippen LogP contribution in [0.3, 0.4) is 0 Å². The molecule has 120 valence electrons. The lowest BCUT2D eigenvalue weighted by molar-refractivity contribution is 0.436. The SMILES string of the molecule is N#Cc1cc(N)c(Oc2ccc(F)cc2)n1Cc1ccccc1Cl. The molecule has 4 nitrogen and oxygen atoms in total. The summed E-state index contributed by atoms with van der Waals surface area (Å²) in [6, 6.07) is 16.5. The summed E-state index contributed by atoms with van der Waals surface area (Å²) in [5.74, 6) is 0.378. The third kappa shape index (κ3) is 3.19. The van der Waals surface area contributed by atoms with E-state index in [1.54, 1.807) is 10.6 Å². The van der Waals surface area contributed by atoms with Gasteiger partial charge in [-0.25, -0.2) is 4.39 Å². The molecule has 0 unspecified atom stereocenters. The number of nitriles is 1. The van der Waals surface area contributed by atoms with E-state index >= 15 is 0 Å². The molecule has 0 spiro atoms. The minimum absolute atomic E-state index is 0.318. The maximum absolute atomic E-state index is 13.0. The smallest absolute Gasteiger partial charge is 0.224 e. The van der Waals surface area contributed by atoms with Gasteiger partial charge in [-0.1, -0.05) is 29.8 Å². The largest absolute Gasteiger partial charge is 0.439 e. The molecule has 0 aliphatic rings. The number of anilines is 1. The fourth-order valence-electron chi connectivity index (χ4n) is 2.33. The third-order valence-corrected chi connectivity index (χ3v) is 3.87. The Labute approximate surface area is 143 Å². The van der Waals surface area contributed by atoms with Crippen molar-refractivity contribution in [1.82, 2.24) is 4.57 Å². The van der Waals surface area contributed by atoms with Crippen LogP contribution in [0, 0.1) is 17.1 Å². The molecule has 0 aliphatic carbocycles. The van der Waals surface area contributed by atoms with Gasteiger partial charge in [0.05, 0.1) is 12.2 Å². The van der Waals surface area contributed by atoms with Gasteiger partial charge in [0.25, 0.3) is 0 Å². The molecule has 0 saturated carbocycles. The van der Waals surface area contributed by atoms with Crippen molar-refractivity contribution >= 4 is 17.3 Å². The highest BCUT2D eigenvalue weighted by atomic mass is 35.5. The molecule has 3 aromatic rings. The molecule has 1 aromatic heterocycles. The van der Waals surface area contributed by atoms with Gasteiger partial charge in [0.2, 0.25) is 5.88 Å². The van der Waals surface area contributed by atoms with Gasteiger partial charge in [-0.2, -0.15) is 5.26 Å². The molecular formula is C18H13ClFN3O. The fraction of sp³-hybridized carbons (Fsp3) is 0.0556. The number of nitrogens with two attached hydrogens (primary N) is 1. The zero-order chi connectivity index (χ0) is 17.1. The normalized spacial score (nSPS) is 10.4. The quantitative estimate of drug-likeness (QED) is 0.755. The van der Waals surface area contributed by atoms with Gasteiger partial charge in [0.15, 0.2) is 0 Å². The van der Waals surface area contributed by atoms with Crippen molar-refractivity contribution in [2.75, 3.05) is 5.73 Å². The molecular weight excluding hydrogens is 329 g/mol. The van der Waals surface area contributed by atoms with Crippen LogP contribution in [0.2, 0.25) is 5.02 Å². The zero-order valence-electron chi connectivity index (χ0n) is 12.5. The molecule has 2 N–H and O–H groups in total. The molecule has 0 fully saturated rings. The van der Waals surface area contributed by atoms with Gasteiger partial charge in [-0.3, -0.25) is 4.57 Å². The Bertz CT molecular complexity index is 913. The highest BCUT2D eigenvalue weighted by Gasteiger charge is 2.16. The van der Waals surface area contributed by atoms with Crippen LogP contribution < -0.4 is 10.5 Å². The first-order valence-electron chi connectivity index (χ1n) is 7.14. The number of hydrogen-bond acceptors (Lipinski definition) is 3. The Morgan fingerprint density at radius 1 is 1.17 bits per heavy atom. The zero-order valence-corrected chi connectivity index (χ0v) is 13.3.